The van der Waals surface area contributed by atoms with E-state index in [1.54, 1.807) is 28.4 Å². The summed E-state index contributed by atoms with van der Waals surface area (Å²) < 4.78 is 21.6. The second-order valence-corrected chi connectivity index (χ2v) is 9.80. The van der Waals surface area contributed by atoms with Gasteiger partial charge in [0, 0.05) is 31.7 Å². The Hall–Kier alpha value is -2.93. The van der Waals surface area contributed by atoms with E-state index in [2.05, 4.69) is 17.0 Å². The predicted octanol–water partition coefficient (Wildman–Crippen LogP) is 4.45. The summed E-state index contributed by atoms with van der Waals surface area (Å²) in [6.45, 7) is 4.94. The maximum atomic E-state index is 13.1. The highest BCUT2D eigenvalue weighted by Gasteiger charge is 2.27. The lowest BCUT2D eigenvalue weighted by Gasteiger charge is -2.34. The fraction of sp³-hybridized carbons (Fsp3) is 0.552. The van der Waals surface area contributed by atoms with Gasteiger partial charge in [-0.3, -0.25) is 4.79 Å². The third-order valence-corrected chi connectivity index (χ3v) is 7.59. The van der Waals surface area contributed by atoms with E-state index in [0.29, 0.717) is 17.4 Å². The minimum absolute atomic E-state index is 0.109. The zero-order chi connectivity index (χ0) is 25.5. The number of carbonyl (C=O) groups excluding carboxylic acids is 1. The number of hydrogen-bond donors (Lipinski definition) is 0. The van der Waals surface area contributed by atoms with Crippen LogP contribution in [0.25, 0.3) is 0 Å². The Bertz CT molecular complexity index is 1040. The Balaban J connectivity index is 1.24. The largest absolute Gasteiger partial charge is 0.493 e. The van der Waals surface area contributed by atoms with Gasteiger partial charge in [0.15, 0.2) is 23.0 Å². The van der Waals surface area contributed by atoms with Gasteiger partial charge in [-0.25, -0.2) is 0 Å². The molecule has 2 aromatic carbocycles. The first kappa shape index (κ1) is 26.1. The van der Waals surface area contributed by atoms with Gasteiger partial charge in [-0.05, 0) is 86.4 Å². The smallest absolute Gasteiger partial charge is 0.254 e. The van der Waals surface area contributed by atoms with Gasteiger partial charge < -0.3 is 28.7 Å². The molecule has 0 bridgehead atoms. The molecule has 0 spiro atoms. The number of nitrogens with zero attached hydrogens (tertiary/aromatic N) is 2. The fourth-order valence-corrected chi connectivity index (χ4v) is 5.55. The molecule has 0 saturated carbocycles. The molecule has 1 atom stereocenters. The number of rotatable bonds is 11. The van der Waals surface area contributed by atoms with E-state index >= 15 is 0 Å². The van der Waals surface area contributed by atoms with Gasteiger partial charge >= 0.3 is 0 Å². The summed E-state index contributed by atoms with van der Waals surface area (Å²) in [5.74, 6) is 3.67. The van der Waals surface area contributed by atoms with Crippen LogP contribution in [0.1, 0.15) is 47.2 Å². The number of hydrogen-bond acceptors (Lipinski definition) is 6. The van der Waals surface area contributed by atoms with Crippen molar-refractivity contribution in [3.8, 4) is 23.0 Å². The second kappa shape index (κ2) is 12.3. The van der Waals surface area contributed by atoms with Crippen molar-refractivity contribution in [2.75, 3.05) is 61.2 Å². The molecule has 2 heterocycles. The standard InChI is InChI=1S/C29H40N2O5/c1-33-25-10-9-21(17-26(25)34-2)11-15-30-13-5-7-22(20-30)8-6-14-31-16-12-23-18-27(35-3)28(36-4)19-24(23)29(31)32/h9-10,17-19,22H,5-8,11-16,20H2,1-4H3. The van der Waals surface area contributed by atoms with E-state index in [1.165, 1.54) is 18.4 Å². The van der Waals surface area contributed by atoms with Gasteiger partial charge in [0.05, 0.1) is 28.4 Å². The molecule has 2 aromatic rings. The lowest BCUT2D eigenvalue weighted by Crippen LogP contribution is -2.39. The number of amides is 1. The molecule has 7 nitrogen and oxygen atoms in total. The zero-order valence-electron chi connectivity index (χ0n) is 22.2. The SMILES string of the molecule is COc1ccc(CCN2CCCC(CCCN3CCc4cc(OC)c(OC)cc4C3=O)C2)cc1OC. The molecule has 0 aromatic heterocycles. The molecule has 2 aliphatic rings. The third kappa shape index (κ3) is 6.06. The first-order valence-corrected chi connectivity index (χ1v) is 13.0. The van der Waals surface area contributed by atoms with Crippen molar-refractivity contribution in [1.82, 2.24) is 9.80 Å². The molecule has 0 radical (unpaired) electrons. The van der Waals surface area contributed by atoms with Gasteiger partial charge in [-0.2, -0.15) is 0 Å². The average molecular weight is 497 g/mol. The van der Waals surface area contributed by atoms with E-state index in [0.717, 1.165) is 81.0 Å². The molecule has 0 aliphatic carbocycles. The third-order valence-electron chi connectivity index (χ3n) is 7.59. The number of benzene rings is 2. The number of methoxy groups -OCH3 is 4. The molecule has 1 amide bonds. The van der Waals surface area contributed by atoms with Crippen LogP contribution in [0.5, 0.6) is 23.0 Å². The summed E-state index contributed by atoms with van der Waals surface area (Å²) in [4.78, 5) is 17.7. The van der Waals surface area contributed by atoms with E-state index in [1.807, 2.05) is 23.1 Å². The van der Waals surface area contributed by atoms with Gasteiger partial charge in [0.2, 0.25) is 0 Å². The second-order valence-electron chi connectivity index (χ2n) is 9.80. The van der Waals surface area contributed by atoms with Gasteiger partial charge in [-0.1, -0.05) is 6.07 Å². The van der Waals surface area contributed by atoms with Crippen molar-refractivity contribution in [3.05, 3.63) is 47.0 Å². The molecule has 196 valence electrons. The van der Waals surface area contributed by atoms with Crippen LogP contribution in [0.2, 0.25) is 0 Å². The molecule has 1 unspecified atom stereocenters. The molecule has 1 saturated heterocycles. The zero-order valence-corrected chi connectivity index (χ0v) is 22.2. The fourth-order valence-electron chi connectivity index (χ4n) is 5.55. The number of piperidine rings is 1. The van der Waals surface area contributed by atoms with Crippen LogP contribution in [0, 0.1) is 5.92 Å². The molecule has 7 heteroatoms. The molecule has 0 N–H and O–H groups in total. The Morgan fingerprint density at radius 2 is 1.58 bits per heavy atom. The minimum Gasteiger partial charge on any atom is -0.493 e. The van der Waals surface area contributed by atoms with E-state index < -0.39 is 0 Å². The van der Waals surface area contributed by atoms with Crippen LogP contribution in [0.3, 0.4) is 0 Å². The van der Waals surface area contributed by atoms with Crippen molar-refractivity contribution in [2.45, 2.75) is 38.5 Å². The molecule has 2 aliphatic heterocycles. The first-order valence-electron chi connectivity index (χ1n) is 13.0. The maximum absolute atomic E-state index is 13.1. The van der Waals surface area contributed by atoms with E-state index in [4.69, 9.17) is 18.9 Å². The van der Waals surface area contributed by atoms with E-state index in [-0.39, 0.29) is 5.91 Å². The van der Waals surface area contributed by atoms with Crippen molar-refractivity contribution in [3.63, 3.8) is 0 Å². The normalized spacial score (nSPS) is 18.1. The molecule has 1 fully saturated rings. The lowest BCUT2D eigenvalue weighted by molar-refractivity contribution is 0.0730. The Kier molecular flexibility index (Phi) is 8.97. The van der Waals surface area contributed by atoms with E-state index in [9.17, 15) is 4.79 Å². The van der Waals surface area contributed by atoms with Gasteiger partial charge in [0.25, 0.3) is 5.91 Å². The van der Waals surface area contributed by atoms with Crippen LogP contribution in [0.15, 0.2) is 30.3 Å². The molecular weight excluding hydrogens is 456 g/mol. The average Bonchev–Trinajstić information content (AvgIpc) is 2.92. The number of carbonyl (C=O) groups is 1. The Morgan fingerprint density at radius 1 is 0.861 bits per heavy atom. The van der Waals surface area contributed by atoms with Crippen LogP contribution >= 0.6 is 0 Å². The molecular formula is C29H40N2O5. The Labute approximate surface area is 215 Å². The summed E-state index contributed by atoms with van der Waals surface area (Å²) in [5, 5.41) is 0. The van der Waals surface area contributed by atoms with Crippen LogP contribution in [-0.4, -0.2) is 76.9 Å². The molecule has 4 rings (SSSR count). The van der Waals surface area contributed by atoms with Crippen LogP contribution in [-0.2, 0) is 12.8 Å². The topological polar surface area (TPSA) is 60.5 Å². The highest BCUT2D eigenvalue weighted by Crippen LogP contribution is 2.33. The summed E-state index contributed by atoms with van der Waals surface area (Å²) in [6, 6.07) is 9.98. The van der Waals surface area contributed by atoms with Gasteiger partial charge in [0.1, 0.15) is 0 Å². The van der Waals surface area contributed by atoms with Gasteiger partial charge in [-0.15, -0.1) is 0 Å². The molecule has 36 heavy (non-hydrogen) atoms. The summed E-state index contributed by atoms with van der Waals surface area (Å²) in [6.07, 6.45) is 6.59. The summed E-state index contributed by atoms with van der Waals surface area (Å²) in [5.41, 5.74) is 3.07. The number of fused-ring (bicyclic) bond motifs is 1. The van der Waals surface area contributed by atoms with Crippen molar-refractivity contribution in [1.29, 1.82) is 0 Å². The highest BCUT2D eigenvalue weighted by atomic mass is 16.5. The van der Waals surface area contributed by atoms with Crippen molar-refractivity contribution >= 4 is 5.91 Å². The maximum Gasteiger partial charge on any atom is 0.254 e. The monoisotopic (exact) mass is 496 g/mol. The number of ether oxygens (including phenoxy) is 4. The number of likely N-dealkylation sites (tertiary alicyclic amines) is 1. The first-order chi connectivity index (χ1) is 17.6. The summed E-state index contributed by atoms with van der Waals surface area (Å²) in [7, 11) is 6.58. The van der Waals surface area contributed by atoms with Crippen LogP contribution in [0.4, 0.5) is 0 Å². The van der Waals surface area contributed by atoms with Crippen molar-refractivity contribution in [2.24, 2.45) is 5.92 Å². The quantitative estimate of drug-likeness (QED) is 0.458. The lowest BCUT2D eigenvalue weighted by atomic mass is 9.92. The van der Waals surface area contributed by atoms with Crippen molar-refractivity contribution < 1.29 is 23.7 Å². The minimum atomic E-state index is 0.109. The predicted molar refractivity (Wildman–Crippen MR) is 141 cm³/mol. The Morgan fingerprint density at radius 3 is 2.33 bits per heavy atom. The summed E-state index contributed by atoms with van der Waals surface area (Å²) >= 11 is 0. The van der Waals surface area contributed by atoms with Crippen LogP contribution < -0.4 is 18.9 Å². The highest BCUT2D eigenvalue weighted by molar-refractivity contribution is 5.97.